The zero-order valence-corrected chi connectivity index (χ0v) is 21.6. The molecule has 0 saturated carbocycles. The number of carbonyl (C=O) groups excluding carboxylic acids is 2. The van der Waals surface area contributed by atoms with E-state index in [2.05, 4.69) is 9.98 Å². The van der Waals surface area contributed by atoms with Crippen LogP contribution in [-0.2, 0) is 24.6 Å². The van der Waals surface area contributed by atoms with Gasteiger partial charge in [0.05, 0.1) is 12.2 Å². The Bertz CT molecular complexity index is 1710. The number of benzene rings is 4. The molecule has 0 amide bonds. The van der Waals surface area contributed by atoms with Crippen molar-refractivity contribution in [1.82, 2.24) is 4.98 Å². The van der Waals surface area contributed by atoms with Crippen molar-refractivity contribution in [2.24, 2.45) is 4.99 Å². The van der Waals surface area contributed by atoms with Crippen LogP contribution in [0, 0.1) is 5.82 Å². The second kappa shape index (κ2) is 10.3. The highest BCUT2D eigenvalue weighted by Gasteiger charge is 2.59. The van der Waals surface area contributed by atoms with Crippen molar-refractivity contribution in [1.29, 1.82) is 0 Å². The molecular formula is C33H25FN2O4. The Morgan fingerprint density at radius 3 is 2.15 bits per heavy atom. The van der Waals surface area contributed by atoms with Crippen molar-refractivity contribution in [3.63, 3.8) is 0 Å². The van der Waals surface area contributed by atoms with Gasteiger partial charge in [0, 0.05) is 28.1 Å². The summed E-state index contributed by atoms with van der Waals surface area (Å²) in [7, 11) is 0. The number of halogens is 1. The van der Waals surface area contributed by atoms with Crippen LogP contribution in [-0.4, -0.2) is 29.4 Å². The second-order valence-corrected chi connectivity index (χ2v) is 9.43. The van der Waals surface area contributed by atoms with Gasteiger partial charge in [-0.25, -0.2) is 19.0 Å². The number of aliphatic imine (C=N–C) groups is 1. The maximum absolute atomic E-state index is 14.8. The zero-order valence-electron chi connectivity index (χ0n) is 21.6. The van der Waals surface area contributed by atoms with Gasteiger partial charge in [0.2, 0.25) is 5.90 Å². The first-order valence-corrected chi connectivity index (χ1v) is 13.0. The summed E-state index contributed by atoms with van der Waals surface area (Å²) in [4.78, 5) is 35.9. The van der Waals surface area contributed by atoms with Crippen LogP contribution < -0.4 is 0 Å². The molecule has 4 aromatic carbocycles. The number of ether oxygens (including phenoxy) is 2. The molecule has 1 aromatic heterocycles. The molecule has 0 aliphatic carbocycles. The number of carbonyl (C=O) groups is 2. The minimum absolute atomic E-state index is 0.0108. The number of nitrogens with zero attached hydrogens (tertiary/aromatic N) is 1. The van der Waals surface area contributed by atoms with E-state index in [9.17, 15) is 14.0 Å². The van der Waals surface area contributed by atoms with E-state index < -0.39 is 29.2 Å². The molecule has 0 saturated heterocycles. The third-order valence-corrected chi connectivity index (χ3v) is 7.08. The normalized spacial score (nSPS) is 16.7. The first kappa shape index (κ1) is 25.2. The van der Waals surface area contributed by atoms with Crippen LogP contribution in [0.1, 0.15) is 40.8 Å². The maximum atomic E-state index is 14.8. The van der Waals surface area contributed by atoms with Gasteiger partial charge in [0.15, 0.2) is 0 Å². The molecule has 198 valence electrons. The fourth-order valence-electron chi connectivity index (χ4n) is 5.34. The fourth-order valence-corrected chi connectivity index (χ4v) is 5.34. The molecule has 6 rings (SSSR count). The summed E-state index contributed by atoms with van der Waals surface area (Å²) in [6.45, 7) is 1.66. The predicted molar refractivity (Wildman–Crippen MR) is 149 cm³/mol. The topological polar surface area (TPSA) is 80.8 Å². The lowest BCUT2D eigenvalue weighted by Gasteiger charge is -2.25. The third kappa shape index (κ3) is 4.07. The van der Waals surface area contributed by atoms with Gasteiger partial charge < -0.3 is 14.5 Å². The summed E-state index contributed by atoms with van der Waals surface area (Å²) in [5, 5.41) is 0.609. The van der Waals surface area contributed by atoms with Crippen molar-refractivity contribution in [3.05, 3.63) is 143 Å². The first-order chi connectivity index (χ1) is 19.5. The Morgan fingerprint density at radius 2 is 1.50 bits per heavy atom. The van der Waals surface area contributed by atoms with Crippen LogP contribution in [0.15, 0.2) is 114 Å². The molecule has 7 heteroatoms. The third-order valence-electron chi connectivity index (χ3n) is 7.08. The Balaban J connectivity index is 1.70. The number of esters is 2. The van der Waals surface area contributed by atoms with Crippen LogP contribution >= 0.6 is 0 Å². The maximum Gasteiger partial charge on any atom is 0.357 e. The number of rotatable bonds is 7. The van der Waals surface area contributed by atoms with Gasteiger partial charge in [-0.15, -0.1) is 0 Å². The smallest absolute Gasteiger partial charge is 0.357 e. The minimum atomic E-state index is -2.22. The van der Waals surface area contributed by atoms with E-state index in [1.54, 1.807) is 13.0 Å². The van der Waals surface area contributed by atoms with Gasteiger partial charge in [-0.1, -0.05) is 91.0 Å². The van der Waals surface area contributed by atoms with Crippen molar-refractivity contribution in [3.8, 4) is 0 Å². The summed E-state index contributed by atoms with van der Waals surface area (Å²) in [5.41, 5.74) is 1.24. The Morgan fingerprint density at radius 1 is 0.900 bits per heavy atom. The monoisotopic (exact) mass is 532 g/mol. The highest BCUT2D eigenvalue weighted by Crippen LogP contribution is 2.46. The lowest BCUT2D eigenvalue weighted by molar-refractivity contribution is -0.158. The molecule has 0 radical (unpaired) electrons. The van der Waals surface area contributed by atoms with Crippen LogP contribution in [0.3, 0.4) is 0 Å². The lowest BCUT2D eigenvalue weighted by atomic mass is 9.80. The van der Waals surface area contributed by atoms with Crippen LogP contribution in [0.25, 0.3) is 10.9 Å². The van der Waals surface area contributed by atoms with Gasteiger partial charge in [0.25, 0.3) is 5.54 Å². The SMILES string of the molecule is CCOC(=O)[C@@]1(c2c(C(c3ccccc3)c3ccccc3)[nH]c3ccccc23)N=C(c2ccccc2F)OC1=O. The zero-order chi connectivity index (χ0) is 27.7. The number of H-pyrrole nitrogens is 1. The minimum Gasteiger partial charge on any atom is -0.463 e. The molecule has 5 aromatic rings. The molecule has 1 atom stereocenters. The molecule has 40 heavy (non-hydrogen) atoms. The first-order valence-electron chi connectivity index (χ1n) is 13.0. The van der Waals surface area contributed by atoms with E-state index in [1.807, 2.05) is 84.9 Å². The van der Waals surface area contributed by atoms with Crippen LogP contribution in [0.5, 0.6) is 0 Å². The van der Waals surface area contributed by atoms with Crippen molar-refractivity contribution >= 4 is 28.7 Å². The Hall–Kier alpha value is -5.04. The summed E-state index contributed by atoms with van der Waals surface area (Å²) in [6, 6.07) is 32.8. The van der Waals surface area contributed by atoms with Gasteiger partial charge in [-0.2, -0.15) is 0 Å². The van der Waals surface area contributed by atoms with Crippen molar-refractivity contribution in [2.45, 2.75) is 18.4 Å². The number of cyclic esters (lactones) is 1. The molecule has 2 heterocycles. The van der Waals surface area contributed by atoms with E-state index >= 15 is 0 Å². The number of hydrogen-bond donors (Lipinski definition) is 1. The average Bonchev–Trinajstić information content (AvgIpc) is 3.53. The van der Waals surface area contributed by atoms with Crippen LogP contribution in [0.2, 0.25) is 0 Å². The summed E-state index contributed by atoms with van der Waals surface area (Å²) < 4.78 is 25.9. The Kier molecular flexibility index (Phi) is 6.48. The van der Waals surface area contributed by atoms with E-state index in [4.69, 9.17) is 9.47 Å². The quantitative estimate of drug-likeness (QED) is 0.199. The number of nitrogens with one attached hydrogen (secondary N) is 1. The molecule has 0 fully saturated rings. The lowest BCUT2D eigenvalue weighted by Crippen LogP contribution is -2.42. The molecule has 1 aliphatic heterocycles. The molecule has 0 unspecified atom stereocenters. The van der Waals surface area contributed by atoms with E-state index in [1.165, 1.54) is 18.2 Å². The van der Waals surface area contributed by atoms with Crippen LogP contribution in [0.4, 0.5) is 4.39 Å². The number of aromatic amines is 1. The van der Waals surface area contributed by atoms with Gasteiger partial charge in [-0.3, -0.25) is 0 Å². The summed E-state index contributed by atoms with van der Waals surface area (Å²) >= 11 is 0. The van der Waals surface area contributed by atoms with Gasteiger partial charge in [-0.05, 0) is 36.2 Å². The largest absolute Gasteiger partial charge is 0.463 e. The molecule has 1 aliphatic rings. The number of para-hydroxylation sites is 1. The number of fused-ring (bicyclic) bond motifs is 1. The summed E-state index contributed by atoms with van der Waals surface area (Å²) in [6.07, 6.45) is 0. The number of hydrogen-bond acceptors (Lipinski definition) is 5. The van der Waals surface area contributed by atoms with Crippen molar-refractivity contribution < 1.29 is 23.5 Å². The van der Waals surface area contributed by atoms with E-state index in [-0.39, 0.29) is 18.1 Å². The highest BCUT2D eigenvalue weighted by atomic mass is 19.1. The molecule has 6 nitrogen and oxygen atoms in total. The van der Waals surface area contributed by atoms with E-state index in [0.717, 1.165) is 11.1 Å². The Labute approximate surface area is 230 Å². The summed E-state index contributed by atoms with van der Waals surface area (Å²) in [5.74, 6) is -3.15. The van der Waals surface area contributed by atoms with E-state index in [0.29, 0.717) is 22.2 Å². The highest BCUT2D eigenvalue weighted by molar-refractivity contribution is 6.19. The predicted octanol–water partition coefficient (Wildman–Crippen LogP) is 6.25. The standard InChI is InChI=1S/C33H25FN2O4/c1-2-39-31(37)33(32(38)40-30(36-33)23-17-9-11-19-25(23)34)28-24-18-10-12-20-26(24)35-29(28)27(21-13-5-3-6-14-21)22-15-7-4-8-16-22/h3-20,27,35H,2H2,1H3/t33-/m1/s1. The second-order valence-electron chi connectivity index (χ2n) is 9.43. The number of aromatic nitrogens is 1. The van der Waals surface area contributed by atoms with Gasteiger partial charge >= 0.3 is 11.9 Å². The fraction of sp³-hybridized carbons (Fsp3) is 0.121. The molecule has 1 N–H and O–H groups in total. The molecule has 0 bridgehead atoms. The molecule has 0 spiro atoms. The van der Waals surface area contributed by atoms with Crippen molar-refractivity contribution in [2.75, 3.05) is 6.61 Å². The van der Waals surface area contributed by atoms with Gasteiger partial charge in [0.1, 0.15) is 5.82 Å². The molecular weight excluding hydrogens is 507 g/mol. The average molecular weight is 533 g/mol.